The van der Waals surface area contributed by atoms with E-state index in [0.717, 1.165) is 48.7 Å². The molecule has 2 aromatic heterocycles. The van der Waals surface area contributed by atoms with Gasteiger partial charge in [0.25, 0.3) is 5.56 Å². The number of halogens is 1. The zero-order valence-electron chi connectivity index (χ0n) is 17.6. The molecule has 0 atom stereocenters. The highest BCUT2D eigenvalue weighted by Crippen LogP contribution is 2.21. The zero-order valence-corrected chi connectivity index (χ0v) is 18.4. The molecule has 10 nitrogen and oxygen atoms in total. The zero-order chi connectivity index (χ0) is 20.4. The third-order valence-corrected chi connectivity index (χ3v) is 5.63. The van der Waals surface area contributed by atoms with Gasteiger partial charge >= 0.3 is 5.69 Å². The van der Waals surface area contributed by atoms with E-state index in [9.17, 15) is 9.59 Å². The van der Waals surface area contributed by atoms with Crippen LogP contribution in [0, 0.1) is 0 Å². The smallest absolute Gasteiger partial charge is 0.332 e. The average molecular weight is 440 g/mol. The van der Waals surface area contributed by atoms with Crippen LogP contribution in [0.1, 0.15) is 25.7 Å². The lowest BCUT2D eigenvalue weighted by Crippen LogP contribution is -2.39. The summed E-state index contributed by atoms with van der Waals surface area (Å²) in [7, 11) is 3.17. The van der Waals surface area contributed by atoms with E-state index in [0.29, 0.717) is 44.0 Å². The molecule has 11 heteroatoms. The van der Waals surface area contributed by atoms with Crippen molar-refractivity contribution in [3.05, 3.63) is 20.8 Å². The predicted molar refractivity (Wildman–Crippen MR) is 119 cm³/mol. The topological polar surface area (TPSA) is 98.7 Å². The minimum Gasteiger partial charge on any atom is -0.378 e. The van der Waals surface area contributed by atoms with Crippen molar-refractivity contribution >= 4 is 35.4 Å². The van der Waals surface area contributed by atoms with Gasteiger partial charge in [-0.1, -0.05) is 0 Å². The maximum Gasteiger partial charge on any atom is 0.332 e. The number of ether oxygens (including phenoxy) is 1. The lowest BCUT2D eigenvalue weighted by Gasteiger charge is -2.28. The van der Waals surface area contributed by atoms with E-state index in [-0.39, 0.29) is 23.7 Å². The van der Waals surface area contributed by atoms with Crippen LogP contribution in [0.5, 0.6) is 0 Å². The van der Waals surface area contributed by atoms with Gasteiger partial charge in [-0.25, -0.2) is 4.79 Å². The number of imidazole rings is 1. The number of fused-ring (bicyclic) bond motifs is 1. The molecule has 4 heterocycles. The molecule has 0 bridgehead atoms. The van der Waals surface area contributed by atoms with Crippen molar-refractivity contribution in [3.8, 4) is 0 Å². The number of hydrogen-bond donors (Lipinski definition) is 1. The van der Waals surface area contributed by atoms with Gasteiger partial charge in [0.05, 0.1) is 19.0 Å². The third-order valence-electron chi connectivity index (χ3n) is 5.63. The van der Waals surface area contributed by atoms with Crippen molar-refractivity contribution in [2.75, 3.05) is 44.3 Å². The van der Waals surface area contributed by atoms with Crippen molar-refractivity contribution in [2.45, 2.75) is 32.2 Å². The summed E-state index contributed by atoms with van der Waals surface area (Å²) < 4.78 is 10.0. The first-order valence-electron chi connectivity index (χ1n) is 10.3. The highest BCUT2D eigenvalue weighted by Gasteiger charge is 2.23. The summed E-state index contributed by atoms with van der Waals surface area (Å²) >= 11 is 0. The van der Waals surface area contributed by atoms with E-state index < -0.39 is 0 Å². The molecule has 2 aromatic rings. The number of rotatable bonds is 5. The van der Waals surface area contributed by atoms with Crippen LogP contribution in [0.25, 0.3) is 11.2 Å². The highest BCUT2D eigenvalue weighted by molar-refractivity contribution is 5.85. The standard InChI is InChI=1S/C19H29N7O3.ClH/c1-23-16-15(17(27)24(2)19(23)28)26(18(22-16)25-10-12-29-13-11-25)9-5-8-21-14-6-3-4-7-20-14;/h3-13H2,1-2H3,(H,20,21);1H. The number of nitrogens with one attached hydrogen (secondary N) is 1. The SMILES string of the molecule is Cl.Cn1c(=O)c2c(nc(N3CCOCC3)n2CCCNC2=NCCCC2)n(C)c1=O. The number of nitrogens with zero attached hydrogens (tertiary/aromatic N) is 6. The number of aliphatic imine (C=N–C) groups is 1. The molecule has 0 aromatic carbocycles. The second-order valence-electron chi connectivity index (χ2n) is 7.61. The van der Waals surface area contributed by atoms with Crippen molar-refractivity contribution in [3.63, 3.8) is 0 Å². The van der Waals surface area contributed by atoms with Crippen LogP contribution >= 0.6 is 12.4 Å². The Morgan fingerprint density at radius 2 is 1.87 bits per heavy atom. The van der Waals surface area contributed by atoms with Gasteiger partial charge in [-0.15, -0.1) is 12.4 Å². The molecule has 0 unspecified atom stereocenters. The van der Waals surface area contributed by atoms with Crippen LogP contribution in [0.15, 0.2) is 14.6 Å². The fourth-order valence-corrected chi connectivity index (χ4v) is 3.96. The summed E-state index contributed by atoms with van der Waals surface area (Å²) in [4.78, 5) is 36.6. The molecule has 0 amide bonds. The lowest BCUT2D eigenvalue weighted by molar-refractivity contribution is 0.121. The van der Waals surface area contributed by atoms with E-state index in [4.69, 9.17) is 9.72 Å². The van der Waals surface area contributed by atoms with Crippen LogP contribution in [-0.2, 0) is 25.4 Å². The molecule has 0 radical (unpaired) electrons. The maximum atomic E-state index is 12.9. The first-order valence-corrected chi connectivity index (χ1v) is 10.3. The van der Waals surface area contributed by atoms with Gasteiger partial charge in [-0.05, 0) is 19.3 Å². The molecule has 0 spiro atoms. The van der Waals surface area contributed by atoms with Crippen molar-refractivity contribution in [1.82, 2.24) is 24.0 Å². The van der Waals surface area contributed by atoms with Gasteiger partial charge in [0.15, 0.2) is 11.2 Å². The first kappa shape index (κ1) is 22.4. The molecule has 4 rings (SSSR count). The molecular formula is C19H30ClN7O3. The molecular weight excluding hydrogens is 410 g/mol. The van der Waals surface area contributed by atoms with Crippen molar-refractivity contribution < 1.29 is 4.74 Å². The first-order chi connectivity index (χ1) is 14.1. The summed E-state index contributed by atoms with van der Waals surface area (Å²) in [5, 5.41) is 3.42. The van der Waals surface area contributed by atoms with Crippen LogP contribution in [0.2, 0.25) is 0 Å². The van der Waals surface area contributed by atoms with Crippen LogP contribution in [-0.4, -0.2) is 63.9 Å². The predicted octanol–water partition coefficient (Wildman–Crippen LogP) is 0.254. The summed E-state index contributed by atoms with van der Waals surface area (Å²) in [6, 6.07) is 0. The van der Waals surface area contributed by atoms with Gasteiger partial charge in [-0.3, -0.25) is 18.9 Å². The maximum absolute atomic E-state index is 12.9. The summed E-state index contributed by atoms with van der Waals surface area (Å²) in [5.74, 6) is 1.81. The van der Waals surface area contributed by atoms with E-state index in [1.165, 1.54) is 18.0 Å². The molecule has 1 N–H and O–H groups in total. The number of aryl methyl sites for hydroxylation is 2. The summed E-state index contributed by atoms with van der Waals surface area (Å²) in [6.07, 6.45) is 4.18. The van der Waals surface area contributed by atoms with Crippen molar-refractivity contribution in [1.29, 1.82) is 0 Å². The minimum absolute atomic E-state index is 0. The second kappa shape index (κ2) is 9.65. The Balaban J connectivity index is 0.00000256. The quantitative estimate of drug-likeness (QED) is 0.671. The van der Waals surface area contributed by atoms with E-state index in [2.05, 4.69) is 15.2 Å². The van der Waals surface area contributed by atoms with E-state index in [1.807, 2.05) is 4.57 Å². The average Bonchev–Trinajstić information content (AvgIpc) is 3.15. The van der Waals surface area contributed by atoms with Gasteiger partial charge in [-0.2, -0.15) is 4.98 Å². The number of morpholine rings is 1. The number of anilines is 1. The van der Waals surface area contributed by atoms with Gasteiger partial charge < -0.3 is 19.5 Å². The molecule has 0 aliphatic carbocycles. The van der Waals surface area contributed by atoms with Gasteiger partial charge in [0.2, 0.25) is 5.95 Å². The Morgan fingerprint density at radius 1 is 1.10 bits per heavy atom. The monoisotopic (exact) mass is 439 g/mol. The van der Waals surface area contributed by atoms with Crippen molar-refractivity contribution in [2.24, 2.45) is 19.1 Å². The Hall–Kier alpha value is -2.33. The Morgan fingerprint density at radius 3 is 2.57 bits per heavy atom. The molecule has 2 aliphatic heterocycles. The Bertz CT molecular complexity index is 1030. The molecule has 2 aliphatic rings. The fraction of sp³-hybridized carbons (Fsp3) is 0.684. The fourth-order valence-electron chi connectivity index (χ4n) is 3.96. The largest absolute Gasteiger partial charge is 0.378 e. The summed E-state index contributed by atoms with van der Waals surface area (Å²) in [5.41, 5.74) is 0.243. The number of hydrogen-bond acceptors (Lipinski definition) is 7. The Kier molecular flexibility index (Phi) is 7.19. The normalized spacial score (nSPS) is 17.0. The summed E-state index contributed by atoms with van der Waals surface area (Å²) in [6.45, 7) is 5.01. The highest BCUT2D eigenvalue weighted by atomic mass is 35.5. The van der Waals surface area contributed by atoms with E-state index in [1.54, 1.807) is 7.05 Å². The van der Waals surface area contributed by atoms with Crippen LogP contribution in [0.4, 0.5) is 5.95 Å². The van der Waals surface area contributed by atoms with Gasteiger partial charge in [0, 0.05) is 53.2 Å². The number of aromatic nitrogens is 4. The molecule has 30 heavy (non-hydrogen) atoms. The number of amidine groups is 1. The van der Waals surface area contributed by atoms with Gasteiger partial charge in [0.1, 0.15) is 0 Å². The van der Waals surface area contributed by atoms with E-state index >= 15 is 0 Å². The second-order valence-corrected chi connectivity index (χ2v) is 7.61. The minimum atomic E-state index is -0.363. The molecule has 1 saturated heterocycles. The molecule has 0 saturated carbocycles. The Labute approximate surface area is 181 Å². The lowest BCUT2D eigenvalue weighted by atomic mass is 10.2. The molecule has 166 valence electrons. The van der Waals surface area contributed by atoms with Crippen LogP contribution in [0.3, 0.4) is 0 Å². The third kappa shape index (κ3) is 4.24. The molecule has 1 fully saturated rings. The van der Waals surface area contributed by atoms with Crippen LogP contribution < -0.4 is 21.5 Å².